The first-order valence-corrected chi connectivity index (χ1v) is 7.64. The van der Waals surface area contributed by atoms with Crippen LogP contribution in [0.1, 0.15) is 24.5 Å². The maximum atomic E-state index is 5.59. The van der Waals surface area contributed by atoms with Gasteiger partial charge in [-0.15, -0.1) is 24.0 Å². The zero-order valence-corrected chi connectivity index (χ0v) is 15.5. The molecule has 1 aromatic carbocycles. The van der Waals surface area contributed by atoms with Crippen LogP contribution < -0.4 is 10.6 Å². The van der Waals surface area contributed by atoms with Gasteiger partial charge in [0.05, 0.1) is 19.8 Å². The highest BCUT2D eigenvalue weighted by atomic mass is 127. The minimum absolute atomic E-state index is 0. The fourth-order valence-corrected chi connectivity index (χ4v) is 2.12. The zero-order chi connectivity index (χ0) is 14.8. The van der Waals surface area contributed by atoms with Crippen molar-refractivity contribution < 1.29 is 9.47 Å². The van der Waals surface area contributed by atoms with Gasteiger partial charge >= 0.3 is 0 Å². The largest absolute Gasteiger partial charge is 0.379 e. The highest BCUT2D eigenvalue weighted by molar-refractivity contribution is 14.0. The van der Waals surface area contributed by atoms with E-state index in [1.165, 1.54) is 11.1 Å². The molecule has 5 nitrogen and oxygen atoms in total. The Balaban J connectivity index is 0.00000242. The van der Waals surface area contributed by atoms with Crippen LogP contribution in [0, 0.1) is 0 Å². The fourth-order valence-electron chi connectivity index (χ4n) is 2.12. The van der Waals surface area contributed by atoms with Crippen molar-refractivity contribution in [3.05, 3.63) is 35.4 Å². The Morgan fingerprint density at radius 2 is 2.05 bits per heavy atom. The molecule has 1 aliphatic rings. The summed E-state index contributed by atoms with van der Waals surface area (Å²) in [4.78, 5) is 4.40. The Kier molecular flexibility index (Phi) is 10.2. The van der Waals surface area contributed by atoms with E-state index in [2.05, 4.69) is 39.9 Å². The minimum atomic E-state index is 0. The molecule has 0 bridgehead atoms. The molecule has 0 atom stereocenters. The summed E-state index contributed by atoms with van der Waals surface area (Å²) < 4.78 is 10.8. The molecule has 0 aliphatic carbocycles. The van der Waals surface area contributed by atoms with Gasteiger partial charge in [0.15, 0.2) is 5.96 Å². The van der Waals surface area contributed by atoms with Gasteiger partial charge < -0.3 is 20.1 Å². The molecule has 1 heterocycles. The SMILES string of the molecule is CCOCCOCc1cccc(CNC2=NCCCN2)c1.I. The first kappa shape index (κ1) is 19.2. The van der Waals surface area contributed by atoms with E-state index < -0.39 is 0 Å². The number of benzene rings is 1. The van der Waals surface area contributed by atoms with Gasteiger partial charge in [0.25, 0.3) is 0 Å². The van der Waals surface area contributed by atoms with Gasteiger partial charge in [-0.1, -0.05) is 24.3 Å². The normalized spacial score (nSPS) is 13.8. The standard InChI is InChI=1S/C16H25N3O2.HI/c1-2-20-9-10-21-13-15-6-3-5-14(11-15)12-19-16-17-7-4-8-18-16;/h3,5-6,11H,2,4,7-10,12-13H2,1H3,(H2,17,18,19);1H. The van der Waals surface area contributed by atoms with Crippen molar-refractivity contribution in [2.45, 2.75) is 26.5 Å². The molecule has 124 valence electrons. The van der Waals surface area contributed by atoms with Gasteiger partial charge in [0.1, 0.15) is 0 Å². The Hall–Kier alpha value is -0.860. The number of ether oxygens (including phenoxy) is 2. The van der Waals surface area contributed by atoms with E-state index in [0.29, 0.717) is 19.8 Å². The molecule has 0 unspecified atom stereocenters. The summed E-state index contributed by atoms with van der Waals surface area (Å²) in [5.41, 5.74) is 2.42. The molecule has 0 fully saturated rings. The molecular formula is C16H26IN3O2. The third kappa shape index (κ3) is 7.42. The molecule has 0 radical (unpaired) electrons. The number of nitrogens with zero attached hydrogens (tertiary/aromatic N) is 1. The topological polar surface area (TPSA) is 54.9 Å². The summed E-state index contributed by atoms with van der Waals surface area (Å²) >= 11 is 0. The van der Waals surface area contributed by atoms with Crippen molar-refractivity contribution >= 4 is 29.9 Å². The summed E-state index contributed by atoms with van der Waals surface area (Å²) in [5.74, 6) is 0.902. The zero-order valence-electron chi connectivity index (χ0n) is 13.1. The molecule has 0 saturated carbocycles. The van der Waals surface area contributed by atoms with Gasteiger partial charge in [0, 0.05) is 26.2 Å². The van der Waals surface area contributed by atoms with E-state index in [-0.39, 0.29) is 24.0 Å². The van der Waals surface area contributed by atoms with Crippen LogP contribution in [0.3, 0.4) is 0 Å². The number of rotatable bonds is 8. The first-order chi connectivity index (χ1) is 10.4. The lowest BCUT2D eigenvalue weighted by atomic mass is 10.1. The Bertz CT molecular complexity index is 455. The Morgan fingerprint density at radius 3 is 2.82 bits per heavy atom. The second kappa shape index (κ2) is 11.7. The lowest BCUT2D eigenvalue weighted by molar-refractivity contribution is 0.0453. The second-order valence-corrected chi connectivity index (χ2v) is 4.93. The predicted molar refractivity (Wildman–Crippen MR) is 99.8 cm³/mol. The molecule has 0 amide bonds. The van der Waals surface area contributed by atoms with Crippen molar-refractivity contribution in [2.75, 3.05) is 32.9 Å². The third-order valence-electron chi connectivity index (χ3n) is 3.19. The number of halogens is 1. The van der Waals surface area contributed by atoms with E-state index >= 15 is 0 Å². The van der Waals surface area contributed by atoms with Crippen LogP contribution >= 0.6 is 24.0 Å². The molecule has 2 N–H and O–H groups in total. The van der Waals surface area contributed by atoms with Crippen LogP contribution in [-0.4, -0.2) is 38.9 Å². The maximum absolute atomic E-state index is 5.59. The summed E-state index contributed by atoms with van der Waals surface area (Å²) in [5, 5.41) is 6.59. The summed E-state index contributed by atoms with van der Waals surface area (Å²) in [6, 6.07) is 8.42. The molecule has 0 saturated heterocycles. The van der Waals surface area contributed by atoms with E-state index in [1.54, 1.807) is 0 Å². The van der Waals surface area contributed by atoms with Crippen molar-refractivity contribution in [1.29, 1.82) is 0 Å². The molecule has 1 aromatic rings. The van der Waals surface area contributed by atoms with Crippen molar-refractivity contribution in [1.82, 2.24) is 10.6 Å². The van der Waals surface area contributed by atoms with Crippen molar-refractivity contribution in [3.8, 4) is 0 Å². The minimum Gasteiger partial charge on any atom is -0.379 e. The predicted octanol–water partition coefficient (Wildman–Crippen LogP) is 2.30. The van der Waals surface area contributed by atoms with Gasteiger partial charge in [-0.25, -0.2) is 0 Å². The summed E-state index contributed by atoms with van der Waals surface area (Å²) in [7, 11) is 0. The number of nitrogens with one attached hydrogen (secondary N) is 2. The Labute approximate surface area is 149 Å². The average Bonchev–Trinajstić information content (AvgIpc) is 2.54. The number of hydrogen-bond acceptors (Lipinski definition) is 5. The van der Waals surface area contributed by atoms with Crippen LogP contribution in [0.2, 0.25) is 0 Å². The molecule has 1 aliphatic heterocycles. The first-order valence-electron chi connectivity index (χ1n) is 7.64. The average molecular weight is 419 g/mol. The molecule has 6 heteroatoms. The fraction of sp³-hybridized carbons (Fsp3) is 0.562. The van der Waals surface area contributed by atoms with Crippen molar-refractivity contribution in [3.63, 3.8) is 0 Å². The maximum Gasteiger partial charge on any atom is 0.191 e. The van der Waals surface area contributed by atoms with E-state index in [0.717, 1.165) is 38.6 Å². The van der Waals surface area contributed by atoms with Gasteiger partial charge in [0.2, 0.25) is 0 Å². The van der Waals surface area contributed by atoms with E-state index in [9.17, 15) is 0 Å². The van der Waals surface area contributed by atoms with Crippen LogP contribution in [0.25, 0.3) is 0 Å². The van der Waals surface area contributed by atoms with Gasteiger partial charge in [-0.3, -0.25) is 4.99 Å². The quantitative estimate of drug-likeness (QED) is 0.502. The van der Waals surface area contributed by atoms with Crippen LogP contribution in [0.15, 0.2) is 29.3 Å². The lowest BCUT2D eigenvalue weighted by Gasteiger charge is -2.16. The monoisotopic (exact) mass is 419 g/mol. The molecule has 2 rings (SSSR count). The van der Waals surface area contributed by atoms with Crippen LogP contribution in [-0.2, 0) is 22.6 Å². The number of hydrogen-bond donors (Lipinski definition) is 2. The molecular weight excluding hydrogens is 393 g/mol. The number of guanidine groups is 1. The molecule has 0 spiro atoms. The van der Waals surface area contributed by atoms with E-state index in [4.69, 9.17) is 9.47 Å². The lowest BCUT2D eigenvalue weighted by Crippen LogP contribution is -2.40. The smallest absolute Gasteiger partial charge is 0.191 e. The molecule has 0 aromatic heterocycles. The van der Waals surface area contributed by atoms with Gasteiger partial charge in [-0.2, -0.15) is 0 Å². The van der Waals surface area contributed by atoms with Crippen molar-refractivity contribution in [2.24, 2.45) is 4.99 Å². The Morgan fingerprint density at radius 1 is 1.23 bits per heavy atom. The second-order valence-electron chi connectivity index (χ2n) is 4.93. The number of aliphatic imine (C=N–C) groups is 1. The highest BCUT2D eigenvalue weighted by Crippen LogP contribution is 2.06. The molecule has 22 heavy (non-hydrogen) atoms. The summed E-state index contributed by atoms with van der Waals surface area (Å²) in [6.45, 7) is 7.33. The highest BCUT2D eigenvalue weighted by Gasteiger charge is 2.03. The van der Waals surface area contributed by atoms with Gasteiger partial charge in [-0.05, 0) is 24.5 Å². The third-order valence-corrected chi connectivity index (χ3v) is 3.19. The van der Waals surface area contributed by atoms with E-state index in [1.807, 2.05) is 6.92 Å². The van der Waals surface area contributed by atoms with Crippen LogP contribution in [0.5, 0.6) is 0 Å². The van der Waals surface area contributed by atoms with Crippen LogP contribution in [0.4, 0.5) is 0 Å². The summed E-state index contributed by atoms with van der Waals surface area (Å²) in [6.07, 6.45) is 1.11.